The Morgan fingerprint density at radius 1 is 1.15 bits per heavy atom. The minimum atomic E-state index is -4.74. The lowest BCUT2D eigenvalue weighted by molar-refractivity contribution is -0.274. The largest absolute Gasteiger partial charge is 0.573 e. The molecule has 6 nitrogen and oxygen atoms in total. The molecular formula is C17H15F3N4O2. The van der Waals surface area contributed by atoms with E-state index in [1.807, 2.05) is 0 Å². The monoisotopic (exact) mass is 364 g/mol. The predicted octanol–water partition coefficient (Wildman–Crippen LogP) is 3.36. The van der Waals surface area contributed by atoms with Crippen LogP contribution < -0.4 is 9.64 Å². The van der Waals surface area contributed by atoms with E-state index in [4.69, 9.17) is 4.74 Å². The molecule has 0 spiro atoms. The van der Waals surface area contributed by atoms with Crippen LogP contribution in [0.15, 0.2) is 36.8 Å². The lowest BCUT2D eigenvalue weighted by atomic mass is 10.1. The zero-order valence-electron chi connectivity index (χ0n) is 13.6. The van der Waals surface area contributed by atoms with Gasteiger partial charge in [0, 0.05) is 24.8 Å². The maximum atomic E-state index is 12.5. The molecule has 0 atom stereocenters. The van der Waals surface area contributed by atoms with Crippen LogP contribution in [0.25, 0.3) is 22.2 Å². The minimum absolute atomic E-state index is 0.269. The van der Waals surface area contributed by atoms with Gasteiger partial charge in [0.15, 0.2) is 0 Å². The molecule has 1 N–H and O–H groups in total. The molecule has 9 heteroatoms. The van der Waals surface area contributed by atoms with Crippen molar-refractivity contribution in [3.8, 4) is 16.9 Å². The highest BCUT2D eigenvalue weighted by atomic mass is 19.4. The Bertz CT molecular complexity index is 920. The number of aromatic nitrogens is 3. The van der Waals surface area contributed by atoms with Crippen molar-refractivity contribution in [3.63, 3.8) is 0 Å². The molecule has 3 aromatic rings. The van der Waals surface area contributed by atoms with Gasteiger partial charge in [0.25, 0.3) is 0 Å². The van der Waals surface area contributed by atoms with E-state index in [1.54, 1.807) is 12.3 Å². The van der Waals surface area contributed by atoms with Gasteiger partial charge in [-0.2, -0.15) is 0 Å². The second kappa shape index (κ2) is 6.49. The topological polar surface area (TPSA) is 63.3 Å². The summed E-state index contributed by atoms with van der Waals surface area (Å²) in [5, 5.41) is 0.763. The minimum Gasteiger partial charge on any atom is -0.406 e. The smallest absolute Gasteiger partial charge is 0.406 e. The number of hydrogen-bond acceptors (Lipinski definition) is 5. The first-order valence-corrected chi connectivity index (χ1v) is 8.02. The molecule has 3 heterocycles. The molecule has 136 valence electrons. The molecule has 1 aromatic carbocycles. The highest BCUT2D eigenvalue weighted by Crippen LogP contribution is 2.35. The fraction of sp³-hybridized carbons (Fsp3) is 0.294. The lowest BCUT2D eigenvalue weighted by Crippen LogP contribution is -2.36. The molecule has 0 aliphatic carbocycles. The van der Waals surface area contributed by atoms with Crippen molar-refractivity contribution in [2.75, 3.05) is 31.2 Å². The SMILES string of the molecule is FC(F)(F)Oc1cccc(-c2c[nH]c3ncnc(N4CCOCC4)c23)c1. The fourth-order valence-electron chi connectivity index (χ4n) is 3.05. The van der Waals surface area contributed by atoms with Crippen LogP contribution in [0.2, 0.25) is 0 Å². The molecular weight excluding hydrogens is 349 g/mol. The molecule has 0 saturated carbocycles. The highest BCUT2D eigenvalue weighted by molar-refractivity contribution is 6.01. The van der Waals surface area contributed by atoms with Crippen molar-refractivity contribution in [3.05, 3.63) is 36.8 Å². The number of hydrogen-bond donors (Lipinski definition) is 1. The van der Waals surface area contributed by atoms with E-state index < -0.39 is 6.36 Å². The Balaban J connectivity index is 1.79. The number of anilines is 1. The van der Waals surface area contributed by atoms with Gasteiger partial charge in [0.1, 0.15) is 23.5 Å². The number of rotatable bonds is 3. The molecule has 0 unspecified atom stereocenters. The molecule has 0 bridgehead atoms. The Morgan fingerprint density at radius 3 is 2.73 bits per heavy atom. The first-order chi connectivity index (χ1) is 12.5. The third kappa shape index (κ3) is 3.30. The summed E-state index contributed by atoms with van der Waals surface area (Å²) < 4.78 is 46.9. The van der Waals surface area contributed by atoms with Gasteiger partial charge >= 0.3 is 6.36 Å². The third-order valence-electron chi connectivity index (χ3n) is 4.14. The number of morpholine rings is 1. The summed E-state index contributed by atoms with van der Waals surface area (Å²) in [6.07, 6.45) is -1.55. The molecule has 1 aliphatic heterocycles. The molecule has 1 fully saturated rings. The quantitative estimate of drug-likeness (QED) is 0.772. The molecule has 0 amide bonds. The maximum Gasteiger partial charge on any atom is 0.573 e. The maximum absolute atomic E-state index is 12.5. The van der Waals surface area contributed by atoms with E-state index in [0.717, 1.165) is 16.8 Å². The van der Waals surface area contributed by atoms with Gasteiger partial charge in [0.2, 0.25) is 0 Å². The van der Waals surface area contributed by atoms with E-state index in [0.29, 0.717) is 37.5 Å². The predicted molar refractivity (Wildman–Crippen MR) is 89.0 cm³/mol. The van der Waals surface area contributed by atoms with Gasteiger partial charge in [-0.1, -0.05) is 12.1 Å². The summed E-state index contributed by atoms with van der Waals surface area (Å²) in [6.45, 7) is 2.57. The number of nitrogens with one attached hydrogen (secondary N) is 1. The first-order valence-electron chi connectivity index (χ1n) is 8.02. The molecule has 1 saturated heterocycles. The Kier molecular flexibility index (Phi) is 4.15. The van der Waals surface area contributed by atoms with Gasteiger partial charge < -0.3 is 19.4 Å². The van der Waals surface area contributed by atoms with Crippen LogP contribution in [0.1, 0.15) is 0 Å². The third-order valence-corrected chi connectivity index (χ3v) is 4.14. The average molecular weight is 364 g/mol. The van der Waals surface area contributed by atoms with Gasteiger partial charge in [-0.05, 0) is 17.7 Å². The molecule has 0 radical (unpaired) electrons. The van der Waals surface area contributed by atoms with Crippen LogP contribution in [-0.4, -0.2) is 47.6 Å². The van der Waals surface area contributed by atoms with E-state index in [1.165, 1.54) is 24.5 Å². The van der Waals surface area contributed by atoms with Crippen molar-refractivity contribution in [2.45, 2.75) is 6.36 Å². The Morgan fingerprint density at radius 2 is 1.96 bits per heavy atom. The van der Waals surface area contributed by atoms with Crippen molar-refractivity contribution < 1.29 is 22.6 Å². The number of nitrogens with zero attached hydrogens (tertiary/aromatic N) is 3. The van der Waals surface area contributed by atoms with E-state index in [9.17, 15) is 13.2 Å². The summed E-state index contributed by atoms with van der Waals surface area (Å²) in [5.41, 5.74) is 1.93. The van der Waals surface area contributed by atoms with Gasteiger partial charge in [-0.15, -0.1) is 13.2 Å². The van der Waals surface area contributed by atoms with Crippen LogP contribution in [0.3, 0.4) is 0 Å². The molecule has 1 aliphatic rings. The second-order valence-corrected chi connectivity index (χ2v) is 5.80. The standard InChI is InChI=1S/C17H15F3N4O2/c18-17(19,20)26-12-3-1-2-11(8-12)13-9-21-15-14(13)16(23-10-22-15)24-4-6-25-7-5-24/h1-3,8-10H,4-7H2,(H,21,22,23). The van der Waals surface area contributed by atoms with Crippen LogP contribution in [-0.2, 0) is 4.74 Å². The van der Waals surface area contributed by atoms with Crippen LogP contribution in [0, 0.1) is 0 Å². The number of alkyl halides is 3. The Labute approximate surface area is 146 Å². The van der Waals surface area contributed by atoms with Crippen LogP contribution >= 0.6 is 0 Å². The highest BCUT2D eigenvalue weighted by Gasteiger charge is 2.31. The van der Waals surface area contributed by atoms with Crippen molar-refractivity contribution in [1.29, 1.82) is 0 Å². The van der Waals surface area contributed by atoms with E-state index in [-0.39, 0.29) is 5.75 Å². The number of halogens is 3. The van der Waals surface area contributed by atoms with Crippen molar-refractivity contribution >= 4 is 16.9 Å². The summed E-state index contributed by atoms with van der Waals surface area (Å²) in [6, 6.07) is 5.87. The number of benzene rings is 1. The van der Waals surface area contributed by atoms with Crippen LogP contribution in [0.5, 0.6) is 5.75 Å². The van der Waals surface area contributed by atoms with Gasteiger partial charge in [-0.25, -0.2) is 9.97 Å². The van der Waals surface area contributed by atoms with Crippen LogP contribution in [0.4, 0.5) is 19.0 Å². The fourth-order valence-corrected chi connectivity index (χ4v) is 3.05. The number of fused-ring (bicyclic) bond motifs is 1. The molecule has 2 aromatic heterocycles. The summed E-state index contributed by atoms with van der Waals surface area (Å²) in [5.74, 6) is 0.464. The number of H-pyrrole nitrogens is 1. The first kappa shape index (κ1) is 16.6. The molecule has 26 heavy (non-hydrogen) atoms. The zero-order chi connectivity index (χ0) is 18.1. The molecule has 4 rings (SSSR count). The number of aromatic amines is 1. The van der Waals surface area contributed by atoms with Gasteiger partial charge in [0.05, 0.1) is 18.6 Å². The number of ether oxygens (including phenoxy) is 2. The summed E-state index contributed by atoms with van der Waals surface area (Å²) >= 11 is 0. The summed E-state index contributed by atoms with van der Waals surface area (Å²) in [4.78, 5) is 13.8. The van der Waals surface area contributed by atoms with E-state index in [2.05, 4.69) is 24.6 Å². The average Bonchev–Trinajstić information content (AvgIpc) is 3.05. The normalized spacial score (nSPS) is 15.4. The second-order valence-electron chi connectivity index (χ2n) is 5.80. The Hall–Kier alpha value is -2.81. The lowest BCUT2D eigenvalue weighted by Gasteiger charge is -2.28. The summed E-state index contributed by atoms with van der Waals surface area (Å²) in [7, 11) is 0. The zero-order valence-corrected chi connectivity index (χ0v) is 13.6. The van der Waals surface area contributed by atoms with Crippen molar-refractivity contribution in [2.24, 2.45) is 0 Å². The van der Waals surface area contributed by atoms with Gasteiger partial charge in [-0.3, -0.25) is 0 Å². The van der Waals surface area contributed by atoms with Crippen molar-refractivity contribution in [1.82, 2.24) is 15.0 Å². The van der Waals surface area contributed by atoms with E-state index >= 15 is 0 Å².